The van der Waals surface area contributed by atoms with Crippen LogP contribution in [0.15, 0.2) is 12.2 Å². The first kappa shape index (κ1) is 15.3. The zero-order chi connectivity index (χ0) is 13.1. The SMILES string of the molecule is CCCCCCCCCCC[C@H]1CC=CC(=O)O1. The fourth-order valence-corrected chi connectivity index (χ4v) is 2.43. The van der Waals surface area contributed by atoms with Crippen LogP contribution >= 0.6 is 0 Å². The van der Waals surface area contributed by atoms with Crippen LogP contribution in [0.3, 0.4) is 0 Å². The zero-order valence-corrected chi connectivity index (χ0v) is 11.8. The summed E-state index contributed by atoms with van der Waals surface area (Å²) in [7, 11) is 0. The Balaban J connectivity index is 1.84. The maximum Gasteiger partial charge on any atom is 0.330 e. The fraction of sp³-hybridized carbons (Fsp3) is 0.812. The van der Waals surface area contributed by atoms with E-state index in [1.54, 1.807) is 0 Å². The molecule has 0 unspecified atom stereocenters. The van der Waals surface area contributed by atoms with Gasteiger partial charge in [0.25, 0.3) is 0 Å². The molecule has 0 fully saturated rings. The Morgan fingerprint density at radius 1 is 1.06 bits per heavy atom. The highest BCUT2D eigenvalue weighted by Crippen LogP contribution is 2.16. The molecule has 104 valence electrons. The standard InChI is InChI=1S/C16H28O2/c1-2-3-4-5-6-7-8-9-10-12-15-13-11-14-16(17)18-15/h11,14-15H,2-10,12-13H2,1H3/t15-/m0/s1. The number of rotatable bonds is 10. The van der Waals surface area contributed by atoms with Gasteiger partial charge >= 0.3 is 5.97 Å². The molecular formula is C16H28O2. The highest BCUT2D eigenvalue weighted by Gasteiger charge is 2.14. The smallest absolute Gasteiger partial charge is 0.330 e. The van der Waals surface area contributed by atoms with Gasteiger partial charge in [0, 0.05) is 12.5 Å². The van der Waals surface area contributed by atoms with Gasteiger partial charge in [-0.3, -0.25) is 0 Å². The van der Waals surface area contributed by atoms with Crippen molar-refractivity contribution in [1.29, 1.82) is 0 Å². The van der Waals surface area contributed by atoms with Crippen LogP contribution in [0.2, 0.25) is 0 Å². The summed E-state index contributed by atoms with van der Waals surface area (Å²) in [4.78, 5) is 11.0. The fourth-order valence-electron chi connectivity index (χ4n) is 2.43. The third-order valence-corrected chi connectivity index (χ3v) is 3.57. The molecule has 0 radical (unpaired) electrons. The number of ether oxygens (including phenoxy) is 1. The van der Waals surface area contributed by atoms with Crippen LogP contribution < -0.4 is 0 Å². The Labute approximate surface area is 112 Å². The van der Waals surface area contributed by atoms with Gasteiger partial charge in [0.05, 0.1) is 0 Å². The third-order valence-electron chi connectivity index (χ3n) is 3.57. The molecule has 0 amide bonds. The molecule has 1 aliphatic heterocycles. The van der Waals surface area contributed by atoms with E-state index in [9.17, 15) is 4.79 Å². The van der Waals surface area contributed by atoms with E-state index in [1.807, 2.05) is 6.08 Å². The lowest BCUT2D eigenvalue weighted by atomic mass is 10.0. The van der Waals surface area contributed by atoms with E-state index in [4.69, 9.17) is 4.74 Å². The molecule has 1 rings (SSSR count). The number of cyclic esters (lactones) is 1. The summed E-state index contributed by atoms with van der Waals surface area (Å²) in [5.74, 6) is -0.165. The van der Waals surface area contributed by atoms with E-state index in [0.717, 1.165) is 12.8 Å². The molecule has 0 aromatic rings. The molecule has 0 aliphatic carbocycles. The number of unbranched alkanes of at least 4 members (excludes halogenated alkanes) is 8. The average Bonchev–Trinajstić information content (AvgIpc) is 2.37. The van der Waals surface area contributed by atoms with E-state index in [-0.39, 0.29) is 12.1 Å². The van der Waals surface area contributed by atoms with E-state index in [1.165, 1.54) is 63.9 Å². The predicted octanol–water partition coefficient (Wildman–Crippen LogP) is 4.78. The van der Waals surface area contributed by atoms with Crippen LogP contribution in [-0.4, -0.2) is 12.1 Å². The lowest BCUT2D eigenvalue weighted by Gasteiger charge is -2.18. The Morgan fingerprint density at radius 2 is 1.67 bits per heavy atom. The first-order valence-corrected chi connectivity index (χ1v) is 7.70. The van der Waals surface area contributed by atoms with Crippen LogP contribution in [0.1, 0.15) is 77.6 Å². The summed E-state index contributed by atoms with van der Waals surface area (Å²) in [6, 6.07) is 0. The third kappa shape index (κ3) is 7.52. The van der Waals surface area contributed by atoms with Gasteiger partial charge in [0.15, 0.2) is 0 Å². The Morgan fingerprint density at radius 3 is 2.28 bits per heavy atom. The molecule has 0 aromatic heterocycles. The second-order valence-corrected chi connectivity index (χ2v) is 5.31. The zero-order valence-electron chi connectivity index (χ0n) is 11.8. The minimum absolute atomic E-state index is 0.145. The highest BCUT2D eigenvalue weighted by atomic mass is 16.5. The summed E-state index contributed by atoms with van der Waals surface area (Å²) in [5.41, 5.74) is 0. The summed E-state index contributed by atoms with van der Waals surface area (Å²) in [6.07, 6.45) is 17.7. The topological polar surface area (TPSA) is 26.3 Å². The molecule has 0 spiro atoms. The molecule has 1 aliphatic rings. The molecule has 1 atom stereocenters. The van der Waals surface area contributed by atoms with Crippen molar-refractivity contribution in [3.8, 4) is 0 Å². The monoisotopic (exact) mass is 252 g/mol. The quantitative estimate of drug-likeness (QED) is 0.413. The van der Waals surface area contributed by atoms with Gasteiger partial charge in [0.2, 0.25) is 0 Å². The lowest BCUT2D eigenvalue weighted by molar-refractivity contribution is -0.144. The van der Waals surface area contributed by atoms with E-state index < -0.39 is 0 Å². The highest BCUT2D eigenvalue weighted by molar-refractivity contribution is 5.82. The van der Waals surface area contributed by atoms with Gasteiger partial charge in [-0.1, -0.05) is 64.4 Å². The van der Waals surface area contributed by atoms with Crippen LogP contribution in [0.25, 0.3) is 0 Å². The Hall–Kier alpha value is -0.790. The van der Waals surface area contributed by atoms with E-state index in [0.29, 0.717) is 0 Å². The van der Waals surface area contributed by atoms with Crippen LogP contribution in [0.5, 0.6) is 0 Å². The summed E-state index contributed by atoms with van der Waals surface area (Å²) in [5, 5.41) is 0. The van der Waals surface area contributed by atoms with Crippen LogP contribution in [0.4, 0.5) is 0 Å². The minimum atomic E-state index is -0.165. The largest absolute Gasteiger partial charge is 0.459 e. The molecule has 18 heavy (non-hydrogen) atoms. The lowest BCUT2D eigenvalue weighted by Crippen LogP contribution is -2.19. The molecule has 2 nitrogen and oxygen atoms in total. The van der Waals surface area contributed by atoms with Gasteiger partial charge < -0.3 is 4.74 Å². The number of carbonyl (C=O) groups excluding carboxylic acids is 1. The van der Waals surface area contributed by atoms with Crippen molar-refractivity contribution < 1.29 is 9.53 Å². The van der Waals surface area contributed by atoms with Crippen molar-refractivity contribution in [2.45, 2.75) is 83.7 Å². The number of carbonyl (C=O) groups is 1. The summed E-state index contributed by atoms with van der Waals surface area (Å²) in [6.45, 7) is 2.26. The normalized spacial score (nSPS) is 18.9. The molecule has 0 bridgehead atoms. The molecule has 0 saturated carbocycles. The molecule has 2 heteroatoms. The average molecular weight is 252 g/mol. The van der Waals surface area contributed by atoms with Gasteiger partial charge in [0.1, 0.15) is 6.10 Å². The van der Waals surface area contributed by atoms with Crippen molar-refractivity contribution in [2.75, 3.05) is 0 Å². The molecule has 0 saturated heterocycles. The molecule has 1 heterocycles. The number of esters is 1. The van der Waals surface area contributed by atoms with Gasteiger partial charge in [-0.25, -0.2) is 4.79 Å². The van der Waals surface area contributed by atoms with E-state index >= 15 is 0 Å². The maximum absolute atomic E-state index is 11.0. The second-order valence-electron chi connectivity index (χ2n) is 5.31. The van der Waals surface area contributed by atoms with E-state index in [2.05, 4.69) is 6.92 Å². The predicted molar refractivity (Wildman–Crippen MR) is 75.5 cm³/mol. The van der Waals surface area contributed by atoms with Crippen LogP contribution in [0, 0.1) is 0 Å². The Kier molecular flexibility index (Phi) is 8.62. The first-order chi connectivity index (χ1) is 8.83. The Bertz CT molecular complexity index is 245. The van der Waals surface area contributed by atoms with Crippen molar-refractivity contribution in [3.63, 3.8) is 0 Å². The number of hydrogen-bond acceptors (Lipinski definition) is 2. The second kappa shape index (κ2) is 10.2. The molecular weight excluding hydrogens is 224 g/mol. The van der Waals surface area contributed by atoms with Crippen LogP contribution in [-0.2, 0) is 9.53 Å². The van der Waals surface area contributed by atoms with Gasteiger partial charge in [-0.05, 0) is 12.8 Å². The van der Waals surface area contributed by atoms with Crippen molar-refractivity contribution in [2.24, 2.45) is 0 Å². The van der Waals surface area contributed by atoms with Crippen molar-refractivity contribution in [1.82, 2.24) is 0 Å². The van der Waals surface area contributed by atoms with Crippen molar-refractivity contribution >= 4 is 5.97 Å². The summed E-state index contributed by atoms with van der Waals surface area (Å²) < 4.78 is 5.23. The minimum Gasteiger partial charge on any atom is -0.459 e. The maximum atomic E-state index is 11.0. The molecule has 0 N–H and O–H groups in total. The molecule has 0 aromatic carbocycles. The van der Waals surface area contributed by atoms with Gasteiger partial charge in [-0.2, -0.15) is 0 Å². The van der Waals surface area contributed by atoms with Crippen molar-refractivity contribution in [3.05, 3.63) is 12.2 Å². The van der Waals surface area contributed by atoms with Gasteiger partial charge in [-0.15, -0.1) is 0 Å². The number of hydrogen-bond donors (Lipinski definition) is 0. The first-order valence-electron chi connectivity index (χ1n) is 7.70. The summed E-state index contributed by atoms with van der Waals surface area (Å²) >= 11 is 0.